The number of halogens is 6. The zero-order valence-corrected chi connectivity index (χ0v) is 26.6. The van der Waals surface area contributed by atoms with Crippen LogP contribution in [-0.2, 0) is 12.4 Å². The minimum atomic E-state index is -4.99. The van der Waals surface area contributed by atoms with Gasteiger partial charge in [-0.1, -0.05) is 77.9 Å². The number of aryl methyl sites for hydroxylation is 3. The monoisotopic (exact) mass is 662 g/mol. The van der Waals surface area contributed by atoms with Crippen LogP contribution in [0.4, 0.5) is 26.3 Å². The molecule has 49 heavy (non-hydrogen) atoms. The van der Waals surface area contributed by atoms with E-state index in [0.29, 0.717) is 32.8 Å². The number of hydrogen-bond acceptors (Lipinski definition) is 0. The number of fused-ring (bicyclic) bond motifs is 6. The molecular weight excluding hydrogens is 634 g/mol. The van der Waals surface area contributed by atoms with Crippen molar-refractivity contribution in [2.75, 3.05) is 0 Å². The smallest absolute Gasteiger partial charge is 0.309 e. The van der Waals surface area contributed by atoms with Gasteiger partial charge in [0.15, 0.2) is 0 Å². The van der Waals surface area contributed by atoms with Crippen molar-refractivity contribution in [2.24, 2.45) is 0 Å². The normalized spacial score (nSPS) is 12.6. The molecule has 8 rings (SSSR count). The number of aromatic nitrogens is 2. The highest BCUT2D eigenvalue weighted by Gasteiger charge is 2.42. The second-order valence-electron chi connectivity index (χ2n) is 12.6. The van der Waals surface area contributed by atoms with Crippen LogP contribution in [0.25, 0.3) is 66.1 Å². The number of alkyl halides is 6. The molecule has 0 aliphatic carbocycles. The van der Waals surface area contributed by atoms with Crippen LogP contribution in [0.15, 0.2) is 115 Å². The van der Waals surface area contributed by atoms with E-state index in [1.807, 2.05) is 50.2 Å². The largest absolute Gasteiger partial charge is 0.420 e. The molecule has 0 aliphatic rings. The van der Waals surface area contributed by atoms with Crippen LogP contribution < -0.4 is 0 Å². The lowest BCUT2D eigenvalue weighted by atomic mass is 9.90. The standard InChI is InChI=1S/C41H28F6N2/c1-23-15-18-34-29(21-23)26-10-4-6-13-32(26)48(34)36-20-17-28(37-25(3)9-8-12-31(37)40(42,43)44)39(38(36)41(45,46)47)49-33-14-7-5-11-27(33)30-22-24(2)16-19-35(30)49/h4-22H,1-3H3. The van der Waals surface area contributed by atoms with E-state index < -0.39 is 23.5 Å². The van der Waals surface area contributed by atoms with E-state index in [1.54, 1.807) is 53.1 Å². The van der Waals surface area contributed by atoms with Gasteiger partial charge in [-0.25, -0.2) is 0 Å². The van der Waals surface area contributed by atoms with Crippen LogP contribution in [-0.4, -0.2) is 9.13 Å². The van der Waals surface area contributed by atoms with E-state index in [1.165, 1.54) is 35.8 Å². The summed E-state index contributed by atoms with van der Waals surface area (Å²) in [4.78, 5) is 0. The average Bonchev–Trinajstić information content (AvgIpc) is 3.55. The molecule has 0 bridgehead atoms. The molecule has 0 unspecified atom stereocenters. The second-order valence-corrected chi connectivity index (χ2v) is 12.6. The Balaban J connectivity index is 1.64. The number of rotatable bonds is 3. The van der Waals surface area contributed by atoms with Crippen molar-refractivity contribution in [1.82, 2.24) is 9.13 Å². The summed E-state index contributed by atoms with van der Waals surface area (Å²) in [6, 6.07) is 31.8. The topological polar surface area (TPSA) is 9.86 Å². The van der Waals surface area contributed by atoms with Crippen molar-refractivity contribution in [3.05, 3.63) is 143 Å². The first-order chi connectivity index (χ1) is 23.3. The number of para-hydroxylation sites is 2. The Kier molecular flexibility index (Phi) is 6.76. The van der Waals surface area contributed by atoms with Crippen molar-refractivity contribution in [1.29, 1.82) is 0 Å². The Morgan fingerprint density at radius 1 is 0.469 bits per heavy atom. The maximum Gasteiger partial charge on any atom is 0.420 e. The molecule has 0 N–H and O–H groups in total. The number of nitrogens with zero attached hydrogens (tertiary/aromatic N) is 2. The summed E-state index contributed by atoms with van der Waals surface area (Å²) in [6.45, 7) is 5.32. The van der Waals surface area contributed by atoms with Gasteiger partial charge in [0.1, 0.15) is 5.56 Å². The van der Waals surface area contributed by atoms with E-state index >= 15 is 13.2 Å². The summed E-state index contributed by atoms with van der Waals surface area (Å²) in [5, 5.41) is 2.94. The van der Waals surface area contributed by atoms with Crippen molar-refractivity contribution in [3.63, 3.8) is 0 Å². The molecule has 0 amide bonds. The molecule has 2 heterocycles. The molecule has 0 atom stereocenters. The predicted molar refractivity (Wildman–Crippen MR) is 185 cm³/mol. The Bertz CT molecular complexity index is 2620. The molecule has 0 saturated heterocycles. The maximum atomic E-state index is 16.1. The molecule has 0 spiro atoms. The fourth-order valence-electron chi connectivity index (χ4n) is 7.42. The molecule has 8 aromatic rings. The first-order valence-electron chi connectivity index (χ1n) is 15.8. The zero-order valence-electron chi connectivity index (χ0n) is 26.6. The summed E-state index contributed by atoms with van der Waals surface area (Å²) in [7, 11) is 0. The third-order valence-electron chi connectivity index (χ3n) is 9.41. The lowest BCUT2D eigenvalue weighted by Gasteiger charge is -2.26. The van der Waals surface area contributed by atoms with Crippen LogP contribution >= 0.6 is 0 Å². The van der Waals surface area contributed by atoms with Crippen LogP contribution in [0.3, 0.4) is 0 Å². The quantitative estimate of drug-likeness (QED) is 0.167. The van der Waals surface area contributed by atoms with E-state index in [9.17, 15) is 13.2 Å². The van der Waals surface area contributed by atoms with Crippen LogP contribution in [0.5, 0.6) is 0 Å². The van der Waals surface area contributed by atoms with Crippen molar-refractivity contribution in [2.45, 2.75) is 33.1 Å². The molecule has 0 radical (unpaired) electrons. The molecule has 244 valence electrons. The molecule has 2 nitrogen and oxygen atoms in total. The van der Waals surface area contributed by atoms with Gasteiger partial charge in [-0.15, -0.1) is 0 Å². The molecule has 6 aromatic carbocycles. The van der Waals surface area contributed by atoms with Gasteiger partial charge in [-0.2, -0.15) is 26.3 Å². The van der Waals surface area contributed by atoms with Gasteiger partial charge < -0.3 is 9.13 Å². The highest BCUT2D eigenvalue weighted by molar-refractivity contribution is 6.11. The van der Waals surface area contributed by atoms with Crippen LogP contribution in [0.2, 0.25) is 0 Å². The van der Waals surface area contributed by atoms with Gasteiger partial charge in [0.05, 0.1) is 39.0 Å². The summed E-state index contributed by atoms with van der Waals surface area (Å²) in [6.07, 6.45) is -9.81. The molecule has 8 heteroatoms. The molecule has 0 aliphatic heterocycles. The number of hydrogen-bond donors (Lipinski definition) is 0. The van der Waals surface area contributed by atoms with E-state index in [-0.39, 0.29) is 28.1 Å². The van der Waals surface area contributed by atoms with Crippen molar-refractivity contribution < 1.29 is 26.3 Å². The van der Waals surface area contributed by atoms with Gasteiger partial charge in [-0.3, -0.25) is 0 Å². The summed E-state index contributed by atoms with van der Waals surface area (Å²) in [5.41, 5.74) is 1.04. The molecule has 2 aromatic heterocycles. The highest BCUT2D eigenvalue weighted by atomic mass is 19.4. The fourth-order valence-corrected chi connectivity index (χ4v) is 7.42. The van der Waals surface area contributed by atoms with Gasteiger partial charge in [0.2, 0.25) is 0 Å². The lowest BCUT2D eigenvalue weighted by molar-refractivity contribution is -0.137. The maximum absolute atomic E-state index is 16.1. The SMILES string of the molecule is Cc1ccc2c(c1)c1ccccc1n2-c1ccc(-c2c(C)cccc2C(F)(F)F)c(-n2c3ccccc3c3cc(C)ccc32)c1C(F)(F)F. The second kappa shape index (κ2) is 10.8. The minimum Gasteiger partial charge on any atom is -0.309 e. The highest BCUT2D eigenvalue weighted by Crippen LogP contribution is 2.50. The van der Waals surface area contributed by atoms with Crippen LogP contribution in [0, 0.1) is 20.8 Å². The predicted octanol–water partition coefficient (Wildman–Crippen LogP) is 12.5. The Hall–Kier alpha value is -5.50. The van der Waals surface area contributed by atoms with Crippen LogP contribution in [0.1, 0.15) is 27.8 Å². The Morgan fingerprint density at radius 3 is 1.57 bits per heavy atom. The lowest BCUT2D eigenvalue weighted by Crippen LogP contribution is -2.18. The third kappa shape index (κ3) is 4.72. The van der Waals surface area contributed by atoms with Gasteiger partial charge in [0, 0.05) is 27.1 Å². The Morgan fingerprint density at radius 2 is 1.00 bits per heavy atom. The van der Waals surface area contributed by atoms with Gasteiger partial charge in [-0.05, 0) is 80.4 Å². The molecule has 0 saturated carbocycles. The molecular formula is C41H28F6N2. The zero-order chi connectivity index (χ0) is 34.4. The average molecular weight is 663 g/mol. The summed E-state index contributed by atoms with van der Waals surface area (Å²) >= 11 is 0. The van der Waals surface area contributed by atoms with Gasteiger partial charge in [0.25, 0.3) is 0 Å². The van der Waals surface area contributed by atoms with Crippen molar-refractivity contribution >= 4 is 43.6 Å². The molecule has 0 fully saturated rings. The number of benzene rings is 6. The first-order valence-corrected chi connectivity index (χ1v) is 15.8. The van der Waals surface area contributed by atoms with E-state index in [2.05, 4.69) is 0 Å². The summed E-state index contributed by atoms with van der Waals surface area (Å²) in [5.74, 6) is 0. The minimum absolute atomic E-state index is 0.165. The van der Waals surface area contributed by atoms with Gasteiger partial charge >= 0.3 is 12.4 Å². The fraction of sp³-hybridized carbons (Fsp3) is 0.122. The van der Waals surface area contributed by atoms with E-state index in [4.69, 9.17) is 0 Å². The van der Waals surface area contributed by atoms with Crippen molar-refractivity contribution in [3.8, 4) is 22.5 Å². The summed E-state index contributed by atoms with van der Waals surface area (Å²) < 4.78 is 95.6. The first kappa shape index (κ1) is 30.8. The Labute approximate surface area is 277 Å². The third-order valence-corrected chi connectivity index (χ3v) is 9.41. The van der Waals surface area contributed by atoms with E-state index in [0.717, 1.165) is 28.0 Å².